The van der Waals surface area contributed by atoms with Crippen molar-refractivity contribution in [3.8, 4) is 17.2 Å². The fourth-order valence-electron chi connectivity index (χ4n) is 1.63. The van der Waals surface area contributed by atoms with Crippen LogP contribution in [0, 0.1) is 23.0 Å². The molecule has 1 heterocycles. The van der Waals surface area contributed by atoms with Crippen molar-refractivity contribution in [1.82, 2.24) is 4.98 Å². The van der Waals surface area contributed by atoms with Gasteiger partial charge in [0.25, 0.3) is 0 Å². The number of rotatable bonds is 2. The first-order valence-electron chi connectivity index (χ1n) is 5.09. The van der Waals surface area contributed by atoms with Crippen molar-refractivity contribution in [3.63, 3.8) is 0 Å². The third kappa shape index (κ3) is 2.31. The van der Waals surface area contributed by atoms with Gasteiger partial charge in [-0.2, -0.15) is 5.26 Å². The Bertz CT molecular complexity index is 635. The van der Waals surface area contributed by atoms with Crippen LogP contribution in [0.2, 0.25) is 5.02 Å². The molecule has 1 aromatic heterocycles. The molecular formula is C13H7ClF2N2. The maximum absolute atomic E-state index is 13.7. The van der Waals surface area contributed by atoms with Crippen LogP contribution < -0.4 is 0 Å². The van der Waals surface area contributed by atoms with Gasteiger partial charge in [0.15, 0.2) is 11.6 Å². The molecule has 2 rings (SSSR count). The predicted octanol–water partition coefficient (Wildman–Crippen LogP) is 3.75. The zero-order chi connectivity index (χ0) is 13.1. The summed E-state index contributed by atoms with van der Waals surface area (Å²) >= 11 is 5.80. The lowest BCUT2D eigenvalue weighted by molar-refractivity contribution is 0.511. The fourth-order valence-corrected chi connectivity index (χ4v) is 1.79. The third-order valence-electron chi connectivity index (χ3n) is 2.43. The number of aromatic nitrogens is 1. The number of hydrogen-bond donors (Lipinski definition) is 0. The van der Waals surface area contributed by atoms with Crippen molar-refractivity contribution in [1.29, 1.82) is 5.26 Å². The van der Waals surface area contributed by atoms with Crippen LogP contribution in [0.25, 0.3) is 11.1 Å². The van der Waals surface area contributed by atoms with Crippen LogP contribution in [0.15, 0.2) is 30.5 Å². The summed E-state index contributed by atoms with van der Waals surface area (Å²) in [6, 6.07) is 7.24. The number of nitrogens with zero attached hydrogens (tertiary/aromatic N) is 2. The lowest BCUT2D eigenvalue weighted by atomic mass is 10.0. The summed E-state index contributed by atoms with van der Waals surface area (Å²) in [6.07, 6.45) is 1.37. The van der Waals surface area contributed by atoms with Gasteiger partial charge in [-0.15, -0.1) is 0 Å². The van der Waals surface area contributed by atoms with E-state index >= 15 is 0 Å². The standard InChI is InChI=1S/C13H7ClF2N2/c14-8-6-10(12(4-5-17)18-7-8)9-2-1-3-11(15)13(9)16/h1-3,6-7H,4H2. The molecule has 0 bridgehead atoms. The van der Waals surface area contributed by atoms with E-state index in [0.717, 1.165) is 6.07 Å². The quantitative estimate of drug-likeness (QED) is 0.828. The van der Waals surface area contributed by atoms with Crippen molar-refractivity contribution in [2.45, 2.75) is 6.42 Å². The van der Waals surface area contributed by atoms with Crippen molar-refractivity contribution in [3.05, 3.63) is 52.8 Å². The van der Waals surface area contributed by atoms with Crippen LogP contribution in [0.4, 0.5) is 8.78 Å². The third-order valence-corrected chi connectivity index (χ3v) is 2.63. The summed E-state index contributed by atoms with van der Waals surface area (Å²) < 4.78 is 26.9. The molecule has 5 heteroatoms. The van der Waals surface area contributed by atoms with Gasteiger partial charge < -0.3 is 0 Å². The van der Waals surface area contributed by atoms with E-state index in [1.165, 1.54) is 24.4 Å². The van der Waals surface area contributed by atoms with E-state index in [2.05, 4.69) is 4.98 Å². The Morgan fingerprint density at radius 3 is 2.78 bits per heavy atom. The van der Waals surface area contributed by atoms with Gasteiger partial charge in [0.05, 0.1) is 23.2 Å². The maximum atomic E-state index is 13.7. The van der Waals surface area contributed by atoms with Gasteiger partial charge in [0.2, 0.25) is 0 Å². The molecule has 0 atom stereocenters. The van der Waals surface area contributed by atoms with E-state index in [-0.39, 0.29) is 12.0 Å². The lowest BCUT2D eigenvalue weighted by Gasteiger charge is -2.08. The van der Waals surface area contributed by atoms with E-state index in [9.17, 15) is 8.78 Å². The first kappa shape index (κ1) is 12.5. The summed E-state index contributed by atoms with van der Waals surface area (Å²) in [5.74, 6) is -1.92. The van der Waals surface area contributed by atoms with Crippen molar-refractivity contribution in [2.75, 3.05) is 0 Å². The molecule has 0 spiro atoms. The number of benzene rings is 1. The molecule has 90 valence electrons. The molecule has 1 aromatic carbocycles. The van der Waals surface area contributed by atoms with E-state index in [4.69, 9.17) is 16.9 Å². The highest BCUT2D eigenvalue weighted by Crippen LogP contribution is 2.29. The largest absolute Gasteiger partial charge is 0.258 e. The first-order chi connectivity index (χ1) is 8.63. The second-order valence-electron chi connectivity index (χ2n) is 3.58. The molecule has 18 heavy (non-hydrogen) atoms. The molecular weight excluding hydrogens is 258 g/mol. The molecule has 0 saturated heterocycles. The minimum Gasteiger partial charge on any atom is -0.258 e. The monoisotopic (exact) mass is 264 g/mol. The van der Waals surface area contributed by atoms with Crippen LogP contribution in [0.1, 0.15) is 5.69 Å². The topological polar surface area (TPSA) is 36.7 Å². The molecule has 0 unspecified atom stereocenters. The number of hydrogen-bond acceptors (Lipinski definition) is 2. The Labute approximate surface area is 107 Å². The van der Waals surface area contributed by atoms with Gasteiger partial charge in [-0.05, 0) is 12.1 Å². The Morgan fingerprint density at radius 1 is 1.28 bits per heavy atom. The van der Waals surface area contributed by atoms with Crippen LogP contribution in [-0.2, 0) is 6.42 Å². The fraction of sp³-hybridized carbons (Fsp3) is 0.0769. The maximum Gasteiger partial charge on any atom is 0.166 e. The van der Waals surface area contributed by atoms with Crippen molar-refractivity contribution < 1.29 is 8.78 Å². The Morgan fingerprint density at radius 2 is 2.06 bits per heavy atom. The van der Waals surface area contributed by atoms with Gasteiger partial charge in [0.1, 0.15) is 0 Å². The first-order valence-corrected chi connectivity index (χ1v) is 5.47. The lowest BCUT2D eigenvalue weighted by Crippen LogP contribution is -1.96. The van der Waals surface area contributed by atoms with Crippen LogP contribution in [-0.4, -0.2) is 4.98 Å². The van der Waals surface area contributed by atoms with E-state index in [1.807, 2.05) is 6.07 Å². The molecule has 0 saturated carbocycles. The van der Waals surface area contributed by atoms with E-state index in [1.54, 1.807) is 0 Å². The SMILES string of the molecule is N#CCc1ncc(Cl)cc1-c1cccc(F)c1F. The molecule has 0 aliphatic rings. The summed E-state index contributed by atoms with van der Waals surface area (Å²) in [6.45, 7) is 0. The average molecular weight is 265 g/mol. The average Bonchev–Trinajstić information content (AvgIpc) is 2.35. The summed E-state index contributed by atoms with van der Waals surface area (Å²) in [7, 11) is 0. The summed E-state index contributed by atoms with van der Waals surface area (Å²) in [4.78, 5) is 3.97. The second kappa shape index (κ2) is 5.11. The minimum absolute atomic E-state index is 0.00244. The van der Waals surface area contributed by atoms with Gasteiger partial charge in [0, 0.05) is 17.3 Å². The number of pyridine rings is 1. The Balaban J connectivity index is 2.66. The smallest absolute Gasteiger partial charge is 0.166 e. The van der Waals surface area contributed by atoms with Gasteiger partial charge in [-0.25, -0.2) is 8.78 Å². The summed E-state index contributed by atoms with van der Waals surface area (Å²) in [5, 5.41) is 8.99. The molecule has 0 aliphatic carbocycles. The van der Waals surface area contributed by atoms with E-state index < -0.39 is 11.6 Å². The molecule has 0 fully saturated rings. The highest BCUT2D eigenvalue weighted by Gasteiger charge is 2.14. The Kier molecular flexibility index (Phi) is 3.54. The molecule has 0 aliphatic heterocycles. The van der Waals surface area contributed by atoms with Crippen LogP contribution in [0.3, 0.4) is 0 Å². The van der Waals surface area contributed by atoms with Crippen LogP contribution in [0.5, 0.6) is 0 Å². The van der Waals surface area contributed by atoms with Crippen molar-refractivity contribution in [2.24, 2.45) is 0 Å². The molecule has 0 radical (unpaired) electrons. The Hall–Kier alpha value is -1.99. The van der Waals surface area contributed by atoms with Crippen LogP contribution >= 0.6 is 11.6 Å². The van der Waals surface area contributed by atoms with Gasteiger partial charge in [-0.1, -0.05) is 23.7 Å². The van der Waals surface area contributed by atoms with Gasteiger partial charge >= 0.3 is 0 Å². The molecule has 0 amide bonds. The molecule has 2 nitrogen and oxygen atoms in total. The normalized spacial score (nSPS) is 10.1. The predicted molar refractivity (Wildman–Crippen MR) is 63.9 cm³/mol. The zero-order valence-electron chi connectivity index (χ0n) is 9.12. The highest BCUT2D eigenvalue weighted by molar-refractivity contribution is 6.30. The van der Waals surface area contributed by atoms with E-state index in [0.29, 0.717) is 16.3 Å². The summed E-state index contributed by atoms with van der Waals surface area (Å²) in [5.41, 5.74) is 0.753. The minimum atomic E-state index is -0.972. The van der Waals surface area contributed by atoms with Crippen molar-refractivity contribution >= 4 is 11.6 Å². The zero-order valence-corrected chi connectivity index (χ0v) is 9.88. The highest BCUT2D eigenvalue weighted by atomic mass is 35.5. The molecule has 0 N–H and O–H groups in total. The molecule has 2 aromatic rings. The van der Waals surface area contributed by atoms with Gasteiger partial charge in [-0.3, -0.25) is 4.98 Å². The number of nitriles is 1. The second-order valence-corrected chi connectivity index (χ2v) is 4.02. The number of halogens is 3.